The zero-order valence-corrected chi connectivity index (χ0v) is 12.6. The van der Waals surface area contributed by atoms with E-state index in [4.69, 9.17) is 32.7 Å². The lowest BCUT2D eigenvalue weighted by molar-refractivity contribution is -0.149. The third kappa shape index (κ3) is 2.14. The van der Waals surface area contributed by atoms with Crippen molar-refractivity contribution in [2.75, 3.05) is 6.61 Å². The van der Waals surface area contributed by atoms with Gasteiger partial charge in [-0.2, -0.15) is 0 Å². The van der Waals surface area contributed by atoms with Crippen molar-refractivity contribution in [3.05, 3.63) is 33.8 Å². The normalized spacial score (nSPS) is 29.1. The van der Waals surface area contributed by atoms with E-state index in [1.54, 1.807) is 25.1 Å². The van der Waals surface area contributed by atoms with Crippen LogP contribution in [0, 0.1) is 0 Å². The van der Waals surface area contributed by atoms with Gasteiger partial charge >= 0.3 is 5.97 Å². The van der Waals surface area contributed by atoms with E-state index in [0.29, 0.717) is 23.1 Å². The summed E-state index contributed by atoms with van der Waals surface area (Å²) in [5.74, 6) is -0.351. The molecule has 19 heavy (non-hydrogen) atoms. The van der Waals surface area contributed by atoms with Gasteiger partial charge in [0.15, 0.2) is 5.60 Å². The average molecular weight is 303 g/mol. The van der Waals surface area contributed by atoms with Crippen LogP contribution in [0.1, 0.15) is 32.8 Å². The molecular weight excluding hydrogens is 287 g/mol. The molecule has 1 aromatic rings. The summed E-state index contributed by atoms with van der Waals surface area (Å²) in [5, 5.41) is 1.09. The van der Waals surface area contributed by atoms with Gasteiger partial charge in [0.2, 0.25) is 0 Å². The number of rotatable bonds is 4. The van der Waals surface area contributed by atoms with Gasteiger partial charge in [-0.1, -0.05) is 30.1 Å². The molecule has 0 saturated carbocycles. The van der Waals surface area contributed by atoms with Crippen molar-refractivity contribution in [2.45, 2.75) is 38.4 Å². The minimum absolute atomic E-state index is 0.323. The smallest absolute Gasteiger partial charge is 0.341 e. The van der Waals surface area contributed by atoms with E-state index < -0.39 is 11.2 Å². The Morgan fingerprint density at radius 2 is 2.05 bits per heavy atom. The number of ether oxygens (including phenoxy) is 2. The van der Waals surface area contributed by atoms with Gasteiger partial charge in [0.25, 0.3) is 0 Å². The predicted molar refractivity (Wildman–Crippen MR) is 74.6 cm³/mol. The molecule has 0 bridgehead atoms. The third-order valence-electron chi connectivity index (χ3n) is 3.65. The van der Waals surface area contributed by atoms with Crippen molar-refractivity contribution in [1.29, 1.82) is 0 Å². The molecule has 0 N–H and O–H groups in total. The molecule has 1 heterocycles. The summed E-state index contributed by atoms with van der Waals surface area (Å²) >= 11 is 12.2. The standard InChI is InChI=1S/C14H16Cl2O3/c1-4-14(12(17)18-5-2)13(3,19-14)10-8-9(15)6-7-11(10)16/h6-8H,4-5H2,1-3H3. The zero-order valence-electron chi connectivity index (χ0n) is 11.1. The summed E-state index contributed by atoms with van der Waals surface area (Å²) < 4.78 is 10.9. The number of carbonyl (C=O) groups is 1. The summed E-state index contributed by atoms with van der Waals surface area (Å²) in [6, 6.07) is 5.15. The second-order valence-corrected chi connectivity index (χ2v) is 5.50. The summed E-state index contributed by atoms with van der Waals surface area (Å²) in [4.78, 5) is 12.1. The summed E-state index contributed by atoms with van der Waals surface area (Å²) in [6.07, 6.45) is 0.519. The summed E-state index contributed by atoms with van der Waals surface area (Å²) in [7, 11) is 0. The number of benzene rings is 1. The molecule has 0 radical (unpaired) electrons. The van der Waals surface area contributed by atoms with Crippen molar-refractivity contribution in [2.24, 2.45) is 0 Å². The second-order valence-electron chi connectivity index (χ2n) is 4.66. The highest BCUT2D eigenvalue weighted by molar-refractivity contribution is 6.33. The molecule has 5 heteroatoms. The number of hydrogen-bond donors (Lipinski definition) is 0. The highest BCUT2D eigenvalue weighted by Gasteiger charge is 2.73. The molecule has 1 aliphatic heterocycles. The lowest BCUT2D eigenvalue weighted by Gasteiger charge is -2.16. The first-order valence-electron chi connectivity index (χ1n) is 6.24. The molecule has 3 nitrogen and oxygen atoms in total. The molecule has 0 amide bonds. The van der Waals surface area contributed by atoms with E-state index in [9.17, 15) is 4.79 Å². The summed E-state index contributed by atoms with van der Waals surface area (Å²) in [5.41, 5.74) is -1.02. The highest BCUT2D eigenvalue weighted by Crippen LogP contribution is 2.59. The van der Waals surface area contributed by atoms with Gasteiger partial charge in [-0.05, 0) is 38.5 Å². The van der Waals surface area contributed by atoms with E-state index in [0.717, 1.165) is 5.56 Å². The number of epoxide rings is 1. The van der Waals surface area contributed by atoms with Crippen molar-refractivity contribution in [3.63, 3.8) is 0 Å². The van der Waals surface area contributed by atoms with Crippen LogP contribution < -0.4 is 0 Å². The maximum absolute atomic E-state index is 12.1. The van der Waals surface area contributed by atoms with Crippen LogP contribution in [0.25, 0.3) is 0 Å². The lowest BCUT2D eigenvalue weighted by Crippen LogP contribution is -2.33. The van der Waals surface area contributed by atoms with Gasteiger partial charge in [0.05, 0.1) is 6.61 Å². The Labute approximate surface area is 122 Å². The highest BCUT2D eigenvalue weighted by atomic mass is 35.5. The average Bonchev–Trinajstić information content (AvgIpc) is 3.01. The number of halogens is 2. The Hall–Kier alpha value is -0.770. The van der Waals surface area contributed by atoms with Crippen LogP contribution in [0.4, 0.5) is 0 Å². The second kappa shape index (κ2) is 4.97. The molecule has 2 unspecified atom stereocenters. The fourth-order valence-corrected chi connectivity index (χ4v) is 2.97. The summed E-state index contributed by atoms with van der Waals surface area (Å²) in [6.45, 7) is 5.82. The molecule has 0 spiro atoms. The van der Waals surface area contributed by atoms with Crippen molar-refractivity contribution in [3.8, 4) is 0 Å². The van der Waals surface area contributed by atoms with Crippen LogP contribution >= 0.6 is 23.2 Å². The fraction of sp³-hybridized carbons (Fsp3) is 0.500. The minimum atomic E-state index is -0.961. The van der Waals surface area contributed by atoms with E-state index in [2.05, 4.69) is 0 Å². The number of esters is 1. The van der Waals surface area contributed by atoms with Crippen LogP contribution in [0.2, 0.25) is 10.0 Å². The van der Waals surface area contributed by atoms with Crippen molar-refractivity contribution in [1.82, 2.24) is 0 Å². The molecular formula is C14H16Cl2O3. The maximum atomic E-state index is 12.1. The first-order valence-corrected chi connectivity index (χ1v) is 6.99. The first kappa shape index (κ1) is 14.6. The Balaban J connectivity index is 2.40. The minimum Gasteiger partial charge on any atom is -0.464 e. The van der Waals surface area contributed by atoms with Gasteiger partial charge in [-0.3, -0.25) is 0 Å². The Bertz CT molecular complexity index is 517. The Morgan fingerprint density at radius 1 is 1.37 bits per heavy atom. The molecule has 2 rings (SSSR count). The van der Waals surface area contributed by atoms with Crippen molar-refractivity contribution >= 4 is 29.2 Å². The van der Waals surface area contributed by atoms with Gasteiger partial charge in [0, 0.05) is 15.6 Å². The molecule has 1 aliphatic rings. The monoisotopic (exact) mass is 302 g/mol. The van der Waals surface area contributed by atoms with E-state index in [1.165, 1.54) is 0 Å². The largest absolute Gasteiger partial charge is 0.464 e. The van der Waals surface area contributed by atoms with Gasteiger partial charge in [-0.15, -0.1) is 0 Å². The lowest BCUT2D eigenvalue weighted by atomic mass is 9.86. The Morgan fingerprint density at radius 3 is 2.63 bits per heavy atom. The van der Waals surface area contributed by atoms with Crippen LogP contribution in [-0.2, 0) is 19.9 Å². The van der Waals surface area contributed by atoms with E-state index in [1.807, 2.05) is 13.8 Å². The van der Waals surface area contributed by atoms with Gasteiger partial charge < -0.3 is 9.47 Å². The molecule has 1 aromatic carbocycles. The van der Waals surface area contributed by atoms with E-state index >= 15 is 0 Å². The van der Waals surface area contributed by atoms with Crippen molar-refractivity contribution < 1.29 is 14.3 Å². The fourth-order valence-electron chi connectivity index (χ4n) is 2.50. The van der Waals surface area contributed by atoms with Crippen LogP contribution in [-0.4, -0.2) is 18.2 Å². The molecule has 0 aromatic heterocycles. The number of carbonyl (C=O) groups excluding carboxylic acids is 1. The van der Waals surface area contributed by atoms with E-state index in [-0.39, 0.29) is 5.97 Å². The first-order chi connectivity index (χ1) is 8.91. The van der Waals surface area contributed by atoms with Gasteiger partial charge in [-0.25, -0.2) is 4.79 Å². The maximum Gasteiger partial charge on any atom is 0.341 e. The van der Waals surface area contributed by atoms with Crippen LogP contribution in [0.15, 0.2) is 18.2 Å². The molecule has 2 atom stereocenters. The topological polar surface area (TPSA) is 38.8 Å². The molecule has 0 aliphatic carbocycles. The quantitative estimate of drug-likeness (QED) is 0.624. The molecule has 104 valence electrons. The Kier molecular flexibility index (Phi) is 3.83. The predicted octanol–water partition coefficient (Wildman–Crippen LogP) is 3.95. The third-order valence-corrected chi connectivity index (χ3v) is 4.22. The number of hydrogen-bond acceptors (Lipinski definition) is 3. The van der Waals surface area contributed by atoms with Crippen LogP contribution in [0.3, 0.4) is 0 Å². The van der Waals surface area contributed by atoms with Crippen LogP contribution in [0.5, 0.6) is 0 Å². The SMILES string of the molecule is CCOC(=O)C1(CC)OC1(C)c1cc(Cl)ccc1Cl. The van der Waals surface area contributed by atoms with Gasteiger partial charge in [0.1, 0.15) is 5.60 Å². The molecule has 1 saturated heterocycles. The zero-order chi connectivity index (χ0) is 14.3. The molecule has 1 fully saturated rings.